The van der Waals surface area contributed by atoms with E-state index in [9.17, 15) is 22.0 Å². The first-order valence-corrected chi connectivity index (χ1v) is 7.76. The number of halogens is 2. The van der Waals surface area contributed by atoms with Crippen LogP contribution in [-0.2, 0) is 9.84 Å². The van der Waals surface area contributed by atoms with E-state index in [1.54, 1.807) is 24.3 Å². The summed E-state index contributed by atoms with van der Waals surface area (Å²) in [4.78, 5) is 11.3. The van der Waals surface area contributed by atoms with Gasteiger partial charge in [-0.25, -0.2) is 13.2 Å². The number of aryl methyl sites for hydroxylation is 1. The lowest BCUT2D eigenvalue weighted by atomic mass is 10.2. The van der Waals surface area contributed by atoms with Gasteiger partial charge in [0.15, 0.2) is 0 Å². The number of sulfone groups is 1. The third-order valence-electron chi connectivity index (χ3n) is 2.88. The number of carbonyl (C=O) groups is 1. The molecule has 0 heterocycles. The molecule has 0 aliphatic rings. The highest BCUT2D eigenvalue weighted by atomic mass is 32.2. The second kappa shape index (κ2) is 6.23. The minimum atomic E-state index is -4.67. The number of hydrogen-bond donors (Lipinski definition) is 0. The predicted octanol–water partition coefficient (Wildman–Crippen LogP) is 3.21. The van der Waals surface area contributed by atoms with Crippen molar-refractivity contribution in [1.82, 2.24) is 0 Å². The summed E-state index contributed by atoms with van der Waals surface area (Å²) in [5.74, 6) is -3.87. The van der Waals surface area contributed by atoms with Gasteiger partial charge in [0, 0.05) is 0 Å². The first-order chi connectivity index (χ1) is 10.3. The van der Waals surface area contributed by atoms with Gasteiger partial charge >= 0.3 is 11.7 Å². The zero-order chi connectivity index (χ0) is 16.3. The van der Waals surface area contributed by atoms with Crippen LogP contribution in [0.25, 0.3) is 0 Å². The Morgan fingerprint density at radius 3 is 2.05 bits per heavy atom. The molecule has 0 aromatic heterocycles. The summed E-state index contributed by atoms with van der Waals surface area (Å²) >= 11 is 0. The molecule has 0 atom stereocenters. The molecule has 0 bridgehead atoms. The molecule has 0 aliphatic carbocycles. The van der Waals surface area contributed by atoms with Crippen LogP contribution < -0.4 is 4.74 Å². The summed E-state index contributed by atoms with van der Waals surface area (Å²) in [6, 6.07) is 10.9. The molecule has 0 N–H and O–H groups in total. The van der Waals surface area contributed by atoms with Crippen LogP contribution in [0.15, 0.2) is 53.4 Å². The van der Waals surface area contributed by atoms with Crippen LogP contribution in [-0.4, -0.2) is 20.1 Å². The first kappa shape index (κ1) is 16.1. The molecular weight excluding hydrogens is 314 g/mol. The van der Waals surface area contributed by atoms with Crippen molar-refractivity contribution in [3.05, 3.63) is 59.7 Å². The standard InChI is InChI=1S/C15H12F2O4S/c1-10-2-6-12(7-3-10)21-14(18)11-4-8-13(9-5-11)22(19,20)15(16)17/h2-9,15H,1H3. The highest BCUT2D eigenvalue weighted by Crippen LogP contribution is 2.19. The average Bonchev–Trinajstić information content (AvgIpc) is 2.49. The van der Waals surface area contributed by atoms with Crippen LogP contribution in [0.5, 0.6) is 5.75 Å². The van der Waals surface area contributed by atoms with Crippen molar-refractivity contribution < 1.29 is 26.7 Å². The predicted molar refractivity (Wildman–Crippen MR) is 75.8 cm³/mol. The number of benzene rings is 2. The normalized spacial score (nSPS) is 11.5. The van der Waals surface area contributed by atoms with Crippen LogP contribution in [0.4, 0.5) is 8.78 Å². The monoisotopic (exact) mass is 326 g/mol. The van der Waals surface area contributed by atoms with Gasteiger partial charge in [-0.15, -0.1) is 0 Å². The van der Waals surface area contributed by atoms with Crippen molar-refractivity contribution in [2.75, 3.05) is 0 Å². The Hall–Kier alpha value is -2.28. The van der Waals surface area contributed by atoms with Crippen LogP contribution in [0, 0.1) is 6.92 Å². The maximum atomic E-state index is 12.4. The molecule has 2 rings (SSSR count). The Labute approximate surface area is 126 Å². The fourth-order valence-electron chi connectivity index (χ4n) is 1.66. The largest absolute Gasteiger partial charge is 0.423 e. The molecule has 7 heteroatoms. The third kappa shape index (κ3) is 3.48. The summed E-state index contributed by atoms with van der Waals surface area (Å²) < 4.78 is 52.4. The molecule has 4 nitrogen and oxygen atoms in total. The van der Waals surface area contributed by atoms with Crippen LogP contribution in [0.2, 0.25) is 0 Å². The summed E-state index contributed by atoms with van der Waals surface area (Å²) in [5, 5.41) is 0. The highest BCUT2D eigenvalue weighted by Gasteiger charge is 2.26. The number of hydrogen-bond acceptors (Lipinski definition) is 4. The van der Waals surface area contributed by atoms with E-state index in [0.29, 0.717) is 5.75 Å². The molecule has 22 heavy (non-hydrogen) atoms. The van der Waals surface area contributed by atoms with Crippen LogP contribution in [0.3, 0.4) is 0 Å². The lowest BCUT2D eigenvalue weighted by Crippen LogP contribution is -2.12. The van der Waals surface area contributed by atoms with Gasteiger partial charge in [0.1, 0.15) is 5.75 Å². The second-order valence-electron chi connectivity index (χ2n) is 4.53. The Bertz CT molecular complexity index is 766. The van der Waals surface area contributed by atoms with Gasteiger partial charge in [-0.2, -0.15) is 8.78 Å². The molecule has 2 aromatic rings. The van der Waals surface area contributed by atoms with E-state index < -0.39 is 26.5 Å². The zero-order valence-corrected chi connectivity index (χ0v) is 12.3. The number of esters is 1. The van der Waals surface area contributed by atoms with E-state index in [4.69, 9.17) is 4.74 Å². The van der Waals surface area contributed by atoms with E-state index >= 15 is 0 Å². The van der Waals surface area contributed by atoms with Crippen molar-refractivity contribution in [2.24, 2.45) is 0 Å². The fourth-order valence-corrected chi connectivity index (χ4v) is 2.38. The van der Waals surface area contributed by atoms with Crippen molar-refractivity contribution in [1.29, 1.82) is 0 Å². The van der Waals surface area contributed by atoms with Crippen molar-refractivity contribution in [2.45, 2.75) is 17.6 Å². The smallest absolute Gasteiger partial charge is 0.343 e. The Balaban J connectivity index is 2.16. The van der Waals surface area contributed by atoms with E-state index in [-0.39, 0.29) is 5.56 Å². The summed E-state index contributed by atoms with van der Waals surface area (Å²) in [7, 11) is -4.67. The summed E-state index contributed by atoms with van der Waals surface area (Å²) in [5.41, 5.74) is 1.06. The summed E-state index contributed by atoms with van der Waals surface area (Å²) in [6.07, 6.45) is 0. The molecule has 0 radical (unpaired) electrons. The SMILES string of the molecule is Cc1ccc(OC(=O)c2ccc(S(=O)(=O)C(F)F)cc2)cc1. The number of ether oxygens (including phenoxy) is 1. The minimum Gasteiger partial charge on any atom is -0.423 e. The van der Waals surface area contributed by atoms with Gasteiger partial charge < -0.3 is 4.74 Å². The molecule has 0 spiro atoms. The van der Waals surface area contributed by atoms with Gasteiger partial charge in [-0.05, 0) is 43.3 Å². The summed E-state index contributed by atoms with van der Waals surface area (Å²) in [6.45, 7) is 1.88. The molecule has 0 aliphatic heterocycles. The molecule has 0 amide bonds. The van der Waals surface area contributed by atoms with E-state index in [0.717, 1.165) is 29.8 Å². The van der Waals surface area contributed by atoms with Gasteiger partial charge in [0.05, 0.1) is 10.5 Å². The maximum Gasteiger partial charge on any atom is 0.343 e. The molecule has 0 saturated heterocycles. The number of carbonyl (C=O) groups excluding carboxylic acids is 1. The second-order valence-corrected chi connectivity index (χ2v) is 6.45. The molecule has 0 unspecified atom stereocenters. The third-order valence-corrected chi connectivity index (χ3v) is 4.28. The van der Waals surface area contributed by atoms with Gasteiger partial charge in [0.2, 0.25) is 9.84 Å². The molecular formula is C15H12F2O4S. The lowest BCUT2D eigenvalue weighted by molar-refractivity contribution is 0.0734. The lowest BCUT2D eigenvalue weighted by Gasteiger charge is -2.06. The highest BCUT2D eigenvalue weighted by molar-refractivity contribution is 7.91. The van der Waals surface area contributed by atoms with Gasteiger partial charge in [-0.3, -0.25) is 0 Å². The van der Waals surface area contributed by atoms with Crippen molar-refractivity contribution >= 4 is 15.8 Å². The molecule has 0 saturated carbocycles. The van der Waals surface area contributed by atoms with Gasteiger partial charge in [-0.1, -0.05) is 17.7 Å². The van der Waals surface area contributed by atoms with Crippen molar-refractivity contribution in [3.8, 4) is 5.75 Å². The number of alkyl halides is 2. The Morgan fingerprint density at radius 1 is 1.00 bits per heavy atom. The minimum absolute atomic E-state index is 0.0637. The Kier molecular flexibility index (Phi) is 4.56. The molecule has 0 fully saturated rings. The van der Waals surface area contributed by atoms with E-state index in [1.807, 2.05) is 6.92 Å². The van der Waals surface area contributed by atoms with E-state index in [1.165, 1.54) is 0 Å². The van der Waals surface area contributed by atoms with Crippen LogP contribution in [0.1, 0.15) is 15.9 Å². The van der Waals surface area contributed by atoms with Crippen molar-refractivity contribution in [3.63, 3.8) is 0 Å². The number of rotatable bonds is 4. The van der Waals surface area contributed by atoms with Gasteiger partial charge in [0.25, 0.3) is 0 Å². The Morgan fingerprint density at radius 2 is 1.55 bits per heavy atom. The molecule has 2 aromatic carbocycles. The van der Waals surface area contributed by atoms with E-state index in [2.05, 4.69) is 0 Å². The first-order valence-electron chi connectivity index (χ1n) is 6.21. The topological polar surface area (TPSA) is 60.4 Å². The zero-order valence-electron chi connectivity index (χ0n) is 11.5. The quantitative estimate of drug-likeness (QED) is 0.639. The molecule has 116 valence electrons. The maximum absolute atomic E-state index is 12.4. The van der Waals surface area contributed by atoms with Crippen LogP contribution >= 0.6 is 0 Å². The average molecular weight is 326 g/mol. The fraction of sp³-hybridized carbons (Fsp3) is 0.133.